The zero-order valence-corrected chi connectivity index (χ0v) is 14.3. The Kier molecular flexibility index (Phi) is 5.13. The molecule has 136 valence electrons. The molecule has 1 heterocycles. The van der Waals surface area contributed by atoms with Gasteiger partial charge in [-0.2, -0.15) is 18.3 Å². The Morgan fingerprint density at radius 3 is 2.35 bits per heavy atom. The molecule has 0 unspecified atom stereocenters. The monoisotopic (exact) mass is 360 g/mol. The maximum Gasteiger partial charge on any atom is 0.416 e. The molecule has 0 radical (unpaired) electrons. The van der Waals surface area contributed by atoms with Crippen LogP contribution in [0.2, 0.25) is 0 Å². The normalized spacial score (nSPS) is 11.7. The van der Waals surface area contributed by atoms with Crippen molar-refractivity contribution in [3.05, 3.63) is 77.1 Å². The van der Waals surface area contributed by atoms with E-state index in [9.17, 15) is 13.2 Å². The second-order valence-corrected chi connectivity index (χ2v) is 6.14. The van der Waals surface area contributed by atoms with Gasteiger partial charge in [-0.05, 0) is 42.2 Å². The zero-order chi connectivity index (χ0) is 18.7. The van der Waals surface area contributed by atoms with Gasteiger partial charge >= 0.3 is 6.18 Å². The molecular weight excluding hydrogens is 341 g/mol. The van der Waals surface area contributed by atoms with Crippen LogP contribution in [-0.2, 0) is 19.1 Å². The standard InChI is InChI=1S/C20H19F3N2O/c1-14-19(13-25(24-14)10-11-26)18-5-3-2-4-16(18)12-15-6-8-17(9-7-15)20(21,22)23/h2-9,13,26H,10-12H2,1H3. The molecule has 2 aromatic carbocycles. The largest absolute Gasteiger partial charge is 0.416 e. The molecule has 0 saturated heterocycles. The molecular formula is C20H19F3N2O. The van der Waals surface area contributed by atoms with E-state index in [0.29, 0.717) is 13.0 Å². The van der Waals surface area contributed by atoms with E-state index in [1.165, 1.54) is 12.1 Å². The summed E-state index contributed by atoms with van der Waals surface area (Å²) < 4.78 is 39.8. The molecule has 0 fully saturated rings. The van der Waals surface area contributed by atoms with Crippen molar-refractivity contribution in [1.82, 2.24) is 9.78 Å². The van der Waals surface area contributed by atoms with Crippen molar-refractivity contribution in [2.24, 2.45) is 0 Å². The van der Waals surface area contributed by atoms with Gasteiger partial charge < -0.3 is 5.11 Å². The van der Waals surface area contributed by atoms with E-state index in [1.807, 2.05) is 37.4 Å². The van der Waals surface area contributed by atoms with Gasteiger partial charge in [-0.25, -0.2) is 0 Å². The fourth-order valence-electron chi connectivity index (χ4n) is 2.97. The van der Waals surface area contributed by atoms with E-state index in [0.717, 1.165) is 40.1 Å². The summed E-state index contributed by atoms with van der Waals surface area (Å²) in [5.74, 6) is 0. The molecule has 0 amide bonds. The van der Waals surface area contributed by atoms with Gasteiger partial charge in [0.15, 0.2) is 0 Å². The first-order valence-corrected chi connectivity index (χ1v) is 8.28. The smallest absolute Gasteiger partial charge is 0.394 e. The molecule has 0 spiro atoms. The first-order chi connectivity index (χ1) is 12.4. The highest BCUT2D eigenvalue weighted by atomic mass is 19.4. The van der Waals surface area contributed by atoms with Crippen LogP contribution in [0.25, 0.3) is 11.1 Å². The van der Waals surface area contributed by atoms with Crippen molar-refractivity contribution in [2.75, 3.05) is 6.61 Å². The van der Waals surface area contributed by atoms with Crippen LogP contribution in [0.4, 0.5) is 13.2 Å². The predicted molar refractivity (Wildman–Crippen MR) is 93.7 cm³/mol. The molecule has 0 aliphatic rings. The number of aromatic nitrogens is 2. The molecule has 3 rings (SSSR count). The van der Waals surface area contributed by atoms with E-state index < -0.39 is 11.7 Å². The minimum Gasteiger partial charge on any atom is -0.394 e. The second kappa shape index (κ2) is 7.33. The average Bonchev–Trinajstić information content (AvgIpc) is 2.96. The molecule has 1 aromatic heterocycles. The van der Waals surface area contributed by atoms with Gasteiger partial charge in [0, 0.05) is 11.8 Å². The Balaban J connectivity index is 1.90. The number of benzene rings is 2. The van der Waals surface area contributed by atoms with E-state index in [2.05, 4.69) is 5.10 Å². The number of rotatable bonds is 5. The van der Waals surface area contributed by atoms with E-state index in [1.54, 1.807) is 4.68 Å². The van der Waals surface area contributed by atoms with Crippen molar-refractivity contribution in [3.63, 3.8) is 0 Å². The Bertz CT molecular complexity index is 883. The van der Waals surface area contributed by atoms with Gasteiger partial charge in [-0.15, -0.1) is 0 Å². The first kappa shape index (κ1) is 18.2. The van der Waals surface area contributed by atoms with Crippen LogP contribution in [0.3, 0.4) is 0 Å². The van der Waals surface area contributed by atoms with Crippen LogP contribution >= 0.6 is 0 Å². The van der Waals surface area contributed by atoms with Crippen LogP contribution in [-0.4, -0.2) is 21.5 Å². The molecule has 26 heavy (non-hydrogen) atoms. The quantitative estimate of drug-likeness (QED) is 0.729. The molecule has 1 N–H and O–H groups in total. The van der Waals surface area contributed by atoms with Gasteiger partial charge in [0.2, 0.25) is 0 Å². The Labute approximate surface area is 149 Å². The number of nitrogens with zero attached hydrogens (tertiary/aromatic N) is 2. The lowest BCUT2D eigenvalue weighted by atomic mass is 9.95. The maximum absolute atomic E-state index is 12.7. The highest BCUT2D eigenvalue weighted by molar-refractivity contribution is 5.69. The highest BCUT2D eigenvalue weighted by Gasteiger charge is 2.29. The fraction of sp³-hybridized carbons (Fsp3) is 0.250. The van der Waals surface area contributed by atoms with Crippen LogP contribution in [0, 0.1) is 6.92 Å². The van der Waals surface area contributed by atoms with Gasteiger partial charge in [-0.1, -0.05) is 36.4 Å². The van der Waals surface area contributed by atoms with Crippen molar-refractivity contribution in [2.45, 2.75) is 26.1 Å². The summed E-state index contributed by atoms with van der Waals surface area (Å²) in [7, 11) is 0. The summed E-state index contributed by atoms with van der Waals surface area (Å²) in [6, 6.07) is 13.0. The number of alkyl halides is 3. The topological polar surface area (TPSA) is 38.0 Å². The van der Waals surface area contributed by atoms with E-state index in [-0.39, 0.29) is 6.61 Å². The summed E-state index contributed by atoms with van der Waals surface area (Å²) in [4.78, 5) is 0. The van der Waals surface area contributed by atoms with E-state index >= 15 is 0 Å². The van der Waals surface area contributed by atoms with Gasteiger partial charge in [0.05, 0.1) is 24.4 Å². The number of aliphatic hydroxyl groups is 1. The van der Waals surface area contributed by atoms with Crippen molar-refractivity contribution in [3.8, 4) is 11.1 Å². The fourth-order valence-corrected chi connectivity index (χ4v) is 2.97. The lowest BCUT2D eigenvalue weighted by Crippen LogP contribution is -2.04. The molecule has 0 saturated carbocycles. The average molecular weight is 360 g/mol. The Morgan fingerprint density at radius 1 is 1.00 bits per heavy atom. The summed E-state index contributed by atoms with van der Waals surface area (Å²) in [6.07, 6.45) is -1.91. The minimum atomic E-state index is -4.32. The van der Waals surface area contributed by atoms with Crippen LogP contribution < -0.4 is 0 Å². The molecule has 6 heteroatoms. The summed E-state index contributed by atoms with van der Waals surface area (Å²) in [5.41, 5.74) is 3.98. The molecule has 0 atom stereocenters. The number of hydrogen-bond acceptors (Lipinski definition) is 2. The molecule has 3 aromatic rings. The van der Waals surface area contributed by atoms with Crippen LogP contribution in [0.1, 0.15) is 22.4 Å². The molecule has 0 aliphatic carbocycles. The zero-order valence-electron chi connectivity index (χ0n) is 14.3. The third kappa shape index (κ3) is 3.96. The van der Waals surface area contributed by atoms with Crippen LogP contribution in [0.15, 0.2) is 54.7 Å². The minimum absolute atomic E-state index is 0.00770. The Hall–Kier alpha value is -2.60. The van der Waals surface area contributed by atoms with E-state index in [4.69, 9.17) is 5.11 Å². The van der Waals surface area contributed by atoms with Gasteiger partial charge in [0.25, 0.3) is 0 Å². The van der Waals surface area contributed by atoms with Crippen molar-refractivity contribution in [1.29, 1.82) is 0 Å². The first-order valence-electron chi connectivity index (χ1n) is 8.28. The number of aliphatic hydroxyl groups excluding tert-OH is 1. The third-order valence-corrected chi connectivity index (χ3v) is 4.26. The maximum atomic E-state index is 12.7. The number of aryl methyl sites for hydroxylation is 1. The predicted octanol–water partition coefficient (Wildman–Crippen LogP) is 4.46. The molecule has 0 aliphatic heterocycles. The van der Waals surface area contributed by atoms with Crippen molar-refractivity contribution >= 4 is 0 Å². The van der Waals surface area contributed by atoms with Gasteiger partial charge in [-0.3, -0.25) is 4.68 Å². The Morgan fingerprint density at radius 2 is 1.69 bits per heavy atom. The second-order valence-electron chi connectivity index (χ2n) is 6.14. The lowest BCUT2D eigenvalue weighted by Gasteiger charge is -2.11. The molecule has 0 bridgehead atoms. The lowest BCUT2D eigenvalue weighted by molar-refractivity contribution is -0.137. The highest BCUT2D eigenvalue weighted by Crippen LogP contribution is 2.31. The number of halogens is 3. The molecule has 3 nitrogen and oxygen atoms in total. The van der Waals surface area contributed by atoms with Gasteiger partial charge in [0.1, 0.15) is 0 Å². The van der Waals surface area contributed by atoms with Crippen molar-refractivity contribution < 1.29 is 18.3 Å². The summed E-state index contributed by atoms with van der Waals surface area (Å²) >= 11 is 0. The SMILES string of the molecule is Cc1nn(CCO)cc1-c1ccccc1Cc1ccc(C(F)(F)F)cc1. The third-order valence-electron chi connectivity index (χ3n) is 4.26. The van der Waals surface area contributed by atoms with Crippen LogP contribution in [0.5, 0.6) is 0 Å². The summed E-state index contributed by atoms with van der Waals surface area (Å²) in [5, 5.41) is 13.5. The summed E-state index contributed by atoms with van der Waals surface area (Å²) in [6.45, 7) is 2.33. The number of hydrogen-bond donors (Lipinski definition) is 1.